The first kappa shape index (κ1) is 12.0. The number of carboxylic acids is 1. The van der Waals surface area contributed by atoms with Crippen LogP contribution in [0.5, 0.6) is 0 Å². The molecule has 1 unspecified atom stereocenters. The first-order chi connectivity index (χ1) is 6.82. The Morgan fingerprint density at radius 3 is 2.00 bits per heavy atom. The number of aliphatic hydroxyl groups excluding tert-OH is 1. The van der Waals surface area contributed by atoms with Gasteiger partial charge in [-0.3, -0.25) is 0 Å². The van der Waals surface area contributed by atoms with E-state index in [1.165, 1.54) is 12.1 Å². The van der Waals surface area contributed by atoms with Gasteiger partial charge in [-0.1, -0.05) is 0 Å². The number of carbonyl (C=O) groups is 1. The van der Waals surface area contributed by atoms with Crippen molar-refractivity contribution < 1.29 is 26.9 Å². The van der Waals surface area contributed by atoms with E-state index in [1.807, 2.05) is 0 Å². The van der Waals surface area contributed by atoms with Crippen LogP contribution in [0, 0.1) is 0 Å². The van der Waals surface area contributed by atoms with Crippen molar-refractivity contribution in [2.75, 3.05) is 0 Å². The molecule has 6 nitrogen and oxygen atoms in total. The Hall–Kier alpha value is -1.07. The molecule has 0 aliphatic rings. The summed E-state index contributed by atoms with van der Waals surface area (Å²) in [4.78, 5) is 10.4. The Morgan fingerprint density at radius 1 is 1.20 bits per heavy atom. The van der Waals surface area contributed by atoms with E-state index in [1.54, 1.807) is 0 Å². The van der Waals surface area contributed by atoms with Crippen molar-refractivity contribution in [3.63, 3.8) is 0 Å². The monoisotopic (exact) mass is 276 g/mol. The summed E-state index contributed by atoms with van der Waals surface area (Å²) in [5.41, 5.74) is 0.0789. The van der Waals surface area contributed by atoms with Crippen LogP contribution >= 0.6 is 0 Å². The molecule has 82 valence electrons. The molecule has 0 aliphatic heterocycles. The molecule has 0 fully saturated rings. The van der Waals surface area contributed by atoms with Gasteiger partial charge in [0.25, 0.3) is 0 Å². The third kappa shape index (κ3) is 2.94. The van der Waals surface area contributed by atoms with Gasteiger partial charge in [-0.2, -0.15) is 0 Å². The standard InChI is InChI=1S/C8H9AsO6/c10-7(8(11)12)5-1-3-6(4-2-5)9(13,14)15/h1-4,7,10H,(H,11,12)(H2,13,14,15). The van der Waals surface area contributed by atoms with E-state index in [0.29, 0.717) is 0 Å². The van der Waals surface area contributed by atoms with Gasteiger partial charge in [-0.05, 0) is 0 Å². The van der Waals surface area contributed by atoms with Crippen LogP contribution in [0.15, 0.2) is 24.3 Å². The van der Waals surface area contributed by atoms with Gasteiger partial charge in [-0.25, -0.2) is 0 Å². The van der Waals surface area contributed by atoms with Crippen LogP contribution in [0.3, 0.4) is 0 Å². The van der Waals surface area contributed by atoms with Crippen LogP contribution in [0.1, 0.15) is 11.7 Å². The summed E-state index contributed by atoms with van der Waals surface area (Å²) in [7, 11) is 0. The normalized spacial score (nSPS) is 13.5. The van der Waals surface area contributed by atoms with Gasteiger partial charge in [0.15, 0.2) is 0 Å². The Bertz CT molecular complexity index is 406. The van der Waals surface area contributed by atoms with E-state index in [-0.39, 0.29) is 9.91 Å². The molecule has 0 aromatic heterocycles. The Kier molecular flexibility index (Phi) is 3.36. The predicted octanol–water partition coefficient (Wildman–Crippen LogP) is -1.63. The molecule has 1 aromatic rings. The number of aliphatic carboxylic acids is 1. The van der Waals surface area contributed by atoms with Crippen molar-refractivity contribution in [2.45, 2.75) is 6.10 Å². The van der Waals surface area contributed by atoms with Crippen LogP contribution in [-0.2, 0) is 8.53 Å². The average molecular weight is 276 g/mol. The predicted molar refractivity (Wildman–Crippen MR) is 49.5 cm³/mol. The summed E-state index contributed by atoms with van der Waals surface area (Å²) in [5, 5.41) is 17.6. The van der Waals surface area contributed by atoms with Crippen LogP contribution in [-0.4, -0.2) is 38.5 Å². The molecule has 0 bridgehead atoms. The zero-order valence-electron chi connectivity index (χ0n) is 7.44. The zero-order chi connectivity index (χ0) is 11.6. The van der Waals surface area contributed by atoms with Crippen LogP contribution in [0.4, 0.5) is 0 Å². The number of aliphatic hydroxyl groups is 1. The van der Waals surface area contributed by atoms with Gasteiger partial charge in [0.1, 0.15) is 0 Å². The molecule has 1 aromatic carbocycles. The Labute approximate surface area is 87.8 Å². The second-order valence-corrected chi connectivity index (χ2v) is 6.24. The van der Waals surface area contributed by atoms with Crippen molar-refractivity contribution in [1.29, 1.82) is 0 Å². The van der Waals surface area contributed by atoms with Crippen LogP contribution in [0.25, 0.3) is 0 Å². The van der Waals surface area contributed by atoms with Crippen molar-refractivity contribution in [2.24, 2.45) is 0 Å². The van der Waals surface area contributed by atoms with E-state index in [2.05, 4.69) is 0 Å². The fourth-order valence-electron chi connectivity index (χ4n) is 0.993. The molecule has 0 aliphatic carbocycles. The van der Waals surface area contributed by atoms with Gasteiger partial charge >= 0.3 is 87.4 Å². The van der Waals surface area contributed by atoms with Crippen molar-refractivity contribution in [3.8, 4) is 0 Å². The van der Waals surface area contributed by atoms with Gasteiger partial charge < -0.3 is 0 Å². The first-order valence-corrected chi connectivity index (χ1v) is 7.27. The molecule has 15 heavy (non-hydrogen) atoms. The van der Waals surface area contributed by atoms with Gasteiger partial charge in [-0.15, -0.1) is 0 Å². The molecule has 0 radical (unpaired) electrons. The Morgan fingerprint density at radius 2 is 1.67 bits per heavy atom. The van der Waals surface area contributed by atoms with E-state index >= 15 is 0 Å². The number of benzene rings is 1. The molecule has 4 N–H and O–H groups in total. The van der Waals surface area contributed by atoms with E-state index in [9.17, 15) is 8.53 Å². The van der Waals surface area contributed by atoms with E-state index in [0.717, 1.165) is 12.1 Å². The molecule has 0 spiro atoms. The summed E-state index contributed by atoms with van der Waals surface area (Å²) in [6, 6.07) is 4.58. The third-order valence-electron chi connectivity index (χ3n) is 1.78. The van der Waals surface area contributed by atoms with Gasteiger partial charge in [0, 0.05) is 0 Å². The average Bonchev–Trinajstić information content (AvgIpc) is 2.15. The number of hydrogen-bond donors (Lipinski definition) is 4. The van der Waals surface area contributed by atoms with E-state index < -0.39 is 26.2 Å². The molecule has 0 heterocycles. The van der Waals surface area contributed by atoms with Crippen molar-refractivity contribution in [1.82, 2.24) is 0 Å². The number of hydrogen-bond acceptors (Lipinski definition) is 3. The van der Waals surface area contributed by atoms with Crippen LogP contribution in [0.2, 0.25) is 0 Å². The van der Waals surface area contributed by atoms with Gasteiger partial charge in [0.05, 0.1) is 0 Å². The molecular weight excluding hydrogens is 267 g/mol. The molecule has 0 saturated heterocycles. The molecular formula is C8H9AsO6. The second kappa shape index (κ2) is 4.20. The number of carboxylic acid groups (broad SMARTS) is 1. The molecule has 7 heteroatoms. The fraction of sp³-hybridized carbons (Fsp3) is 0.125. The zero-order valence-corrected chi connectivity index (χ0v) is 9.32. The van der Waals surface area contributed by atoms with Crippen molar-refractivity contribution >= 4 is 24.5 Å². The second-order valence-electron chi connectivity index (χ2n) is 2.88. The molecule has 1 rings (SSSR count). The maximum absolute atomic E-state index is 10.8. The summed E-state index contributed by atoms with van der Waals surface area (Å²) < 4.78 is 28.3. The number of rotatable bonds is 3. The first-order valence-electron chi connectivity index (χ1n) is 3.89. The van der Waals surface area contributed by atoms with E-state index in [4.69, 9.17) is 18.4 Å². The van der Waals surface area contributed by atoms with Crippen LogP contribution < -0.4 is 4.35 Å². The maximum atomic E-state index is 10.8. The molecule has 1 atom stereocenters. The molecule has 0 amide bonds. The summed E-state index contributed by atoms with van der Waals surface area (Å²) >= 11 is -4.93. The summed E-state index contributed by atoms with van der Waals surface area (Å²) in [5.74, 6) is -1.41. The molecule has 0 saturated carbocycles. The minimum absolute atomic E-state index is 0.0789. The van der Waals surface area contributed by atoms with Crippen molar-refractivity contribution in [3.05, 3.63) is 29.8 Å². The minimum atomic E-state index is -4.93. The SMILES string of the molecule is O=C(O)C(O)c1ccc([As](=O)(O)O)cc1. The topological polar surface area (TPSA) is 115 Å². The summed E-state index contributed by atoms with van der Waals surface area (Å²) in [6.07, 6.45) is -1.68. The van der Waals surface area contributed by atoms with Gasteiger partial charge in [0.2, 0.25) is 0 Å². The fourth-order valence-corrected chi connectivity index (χ4v) is 2.12. The Balaban J connectivity index is 3.00. The quantitative estimate of drug-likeness (QED) is 0.492. The summed E-state index contributed by atoms with van der Waals surface area (Å²) in [6.45, 7) is 0. The third-order valence-corrected chi connectivity index (χ3v) is 3.82.